The van der Waals surface area contributed by atoms with Gasteiger partial charge in [0.2, 0.25) is 0 Å². The molecule has 1 aliphatic rings. The van der Waals surface area contributed by atoms with Crippen molar-refractivity contribution in [2.75, 3.05) is 6.61 Å². The Morgan fingerprint density at radius 2 is 1.46 bits per heavy atom. The molecule has 1 fully saturated rings. The maximum Gasteiger partial charge on any atom is 0.167 e. The highest BCUT2D eigenvalue weighted by atomic mass is 19.2. The zero-order chi connectivity index (χ0) is 24.9. The molecule has 0 bridgehead atoms. The highest BCUT2D eigenvalue weighted by molar-refractivity contribution is 5.72. The molecule has 184 valence electrons. The largest absolute Gasteiger partial charge is 0.378 e. The van der Waals surface area contributed by atoms with Crippen molar-refractivity contribution in [1.29, 1.82) is 0 Å². The van der Waals surface area contributed by atoms with Crippen molar-refractivity contribution in [2.45, 2.75) is 57.5 Å². The van der Waals surface area contributed by atoms with Crippen LogP contribution in [-0.2, 0) is 11.2 Å². The number of benzene rings is 3. The molecule has 1 saturated heterocycles. The van der Waals surface area contributed by atoms with Crippen LogP contribution in [0.25, 0.3) is 22.3 Å². The zero-order valence-electron chi connectivity index (χ0n) is 19.9. The van der Waals surface area contributed by atoms with Crippen molar-refractivity contribution in [1.82, 2.24) is 0 Å². The van der Waals surface area contributed by atoms with Crippen LogP contribution < -0.4 is 0 Å². The highest BCUT2D eigenvalue weighted by Crippen LogP contribution is 2.37. The molecule has 5 heteroatoms. The van der Waals surface area contributed by atoms with Gasteiger partial charge in [-0.15, -0.1) is 6.58 Å². The van der Waals surface area contributed by atoms with E-state index in [0.29, 0.717) is 18.6 Å². The average molecular weight is 483 g/mol. The number of hydrogen-bond donors (Lipinski definition) is 0. The van der Waals surface area contributed by atoms with Crippen LogP contribution in [0.1, 0.15) is 56.1 Å². The van der Waals surface area contributed by atoms with Gasteiger partial charge in [-0.1, -0.05) is 68.0 Å². The molecule has 3 aromatic rings. The first-order chi connectivity index (χ1) is 16.9. The lowest BCUT2D eigenvalue weighted by Gasteiger charge is -2.29. The van der Waals surface area contributed by atoms with Crippen LogP contribution in [-0.4, -0.2) is 12.7 Å². The van der Waals surface area contributed by atoms with Crippen molar-refractivity contribution in [2.24, 2.45) is 0 Å². The fourth-order valence-electron chi connectivity index (χ4n) is 4.79. The lowest BCUT2D eigenvalue weighted by molar-refractivity contribution is -0.000881. The second-order valence-electron chi connectivity index (χ2n) is 9.16. The number of allylic oxidation sites excluding steroid dienone is 1. The van der Waals surface area contributed by atoms with Gasteiger partial charge in [-0.3, -0.25) is 0 Å². The van der Waals surface area contributed by atoms with Gasteiger partial charge in [0.05, 0.1) is 12.7 Å². The Kier molecular flexibility index (Phi) is 8.07. The van der Waals surface area contributed by atoms with Crippen molar-refractivity contribution >= 4 is 0 Å². The molecule has 2 atom stereocenters. The Hall–Kier alpha value is -2.92. The molecule has 1 aliphatic heterocycles. The maximum absolute atomic E-state index is 15.1. The van der Waals surface area contributed by atoms with Crippen molar-refractivity contribution in [3.63, 3.8) is 0 Å². The van der Waals surface area contributed by atoms with E-state index in [1.807, 2.05) is 18.2 Å². The Morgan fingerprint density at radius 1 is 0.829 bits per heavy atom. The van der Waals surface area contributed by atoms with E-state index in [4.69, 9.17) is 4.74 Å². The molecule has 0 spiro atoms. The van der Waals surface area contributed by atoms with Crippen molar-refractivity contribution in [3.8, 4) is 22.3 Å². The van der Waals surface area contributed by atoms with Crippen LogP contribution >= 0.6 is 0 Å². The van der Waals surface area contributed by atoms with Gasteiger partial charge in [0.1, 0.15) is 0 Å². The van der Waals surface area contributed by atoms with Crippen LogP contribution in [0.3, 0.4) is 0 Å². The van der Waals surface area contributed by atoms with Gasteiger partial charge in [-0.05, 0) is 48.8 Å². The lowest BCUT2D eigenvalue weighted by Crippen LogP contribution is -2.25. The van der Waals surface area contributed by atoms with Crippen LogP contribution in [0, 0.1) is 23.3 Å². The number of hydrogen-bond acceptors (Lipinski definition) is 1. The van der Waals surface area contributed by atoms with Gasteiger partial charge in [0.15, 0.2) is 23.3 Å². The van der Waals surface area contributed by atoms with Crippen LogP contribution in [0.15, 0.2) is 61.2 Å². The monoisotopic (exact) mass is 482 g/mol. The van der Waals surface area contributed by atoms with E-state index in [1.54, 1.807) is 12.1 Å². The van der Waals surface area contributed by atoms with Gasteiger partial charge >= 0.3 is 0 Å². The predicted molar refractivity (Wildman–Crippen MR) is 132 cm³/mol. The molecule has 0 N–H and O–H groups in total. The quantitative estimate of drug-likeness (QED) is 0.230. The summed E-state index contributed by atoms with van der Waals surface area (Å²) in [6.45, 7) is 6.07. The molecule has 0 aliphatic carbocycles. The first-order valence-electron chi connectivity index (χ1n) is 12.2. The summed E-state index contributed by atoms with van der Waals surface area (Å²) in [5.41, 5.74) is 1.32. The standard InChI is InChI=1S/C30H30F4O/c1-3-5-7-22-13-12-21(18-35-22)24-15-17-26(30(34)28(24)32)25-16-14-23(27(31)29(25)33)20-10-8-19(6-4-2)9-11-20/h3,8-11,14-17,21-22H,1,4-7,12-13,18H2,2H3. The van der Waals surface area contributed by atoms with E-state index < -0.39 is 23.3 Å². The Bertz CT molecular complexity index is 1180. The van der Waals surface area contributed by atoms with E-state index in [1.165, 1.54) is 24.3 Å². The van der Waals surface area contributed by atoms with E-state index in [2.05, 4.69) is 13.5 Å². The Morgan fingerprint density at radius 3 is 2.09 bits per heavy atom. The Balaban J connectivity index is 1.58. The topological polar surface area (TPSA) is 9.23 Å². The summed E-state index contributed by atoms with van der Waals surface area (Å²) in [4.78, 5) is 0. The molecule has 0 radical (unpaired) electrons. The van der Waals surface area contributed by atoms with Gasteiger partial charge in [0, 0.05) is 22.6 Å². The fourth-order valence-corrected chi connectivity index (χ4v) is 4.79. The lowest BCUT2D eigenvalue weighted by atomic mass is 9.88. The molecule has 0 saturated carbocycles. The molecular weight excluding hydrogens is 452 g/mol. The second kappa shape index (κ2) is 11.2. The van der Waals surface area contributed by atoms with E-state index in [-0.39, 0.29) is 34.3 Å². The SMILES string of the molecule is C=CCCC1CCC(c2ccc(-c3ccc(-c4ccc(CCC)cc4)c(F)c3F)c(F)c2F)CO1. The molecule has 2 unspecified atom stereocenters. The number of ether oxygens (including phenoxy) is 1. The first-order valence-corrected chi connectivity index (χ1v) is 12.2. The third-order valence-electron chi connectivity index (χ3n) is 6.79. The number of rotatable bonds is 8. The Labute approximate surface area is 204 Å². The summed E-state index contributed by atoms with van der Waals surface area (Å²) >= 11 is 0. The van der Waals surface area contributed by atoms with Crippen LogP contribution in [0.4, 0.5) is 17.6 Å². The summed E-state index contributed by atoms with van der Waals surface area (Å²) in [5.74, 6) is -4.77. The van der Waals surface area contributed by atoms with E-state index in [9.17, 15) is 4.39 Å². The minimum atomic E-state index is -1.20. The van der Waals surface area contributed by atoms with E-state index in [0.717, 1.165) is 37.7 Å². The molecule has 1 heterocycles. The second-order valence-corrected chi connectivity index (χ2v) is 9.16. The molecule has 4 rings (SSSR count). The smallest absolute Gasteiger partial charge is 0.167 e. The van der Waals surface area contributed by atoms with Gasteiger partial charge < -0.3 is 4.74 Å². The summed E-state index contributed by atoms with van der Waals surface area (Å²) < 4.78 is 66.0. The average Bonchev–Trinajstić information content (AvgIpc) is 2.87. The van der Waals surface area contributed by atoms with Crippen molar-refractivity contribution < 1.29 is 22.3 Å². The summed E-state index contributed by atoms with van der Waals surface area (Å²) in [7, 11) is 0. The summed E-state index contributed by atoms with van der Waals surface area (Å²) in [6.07, 6.45) is 6.94. The molecule has 1 nitrogen and oxygen atoms in total. The molecular formula is C30H30F4O. The zero-order valence-corrected chi connectivity index (χ0v) is 19.9. The molecule has 0 amide bonds. The summed E-state index contributed by atoms with van der Waals surface area (Å²) in [5, 5.41) is 0. The van der Waals surface area contributed by atoms with E-state index >= 15 is 13.2 Å². The first kappa shape index (κ1) is 25.2. The highest BCUT2D eigenvalue weighted by Gasteiger charge is 2.28. The van der Waals surface area contributed by atoms with Gasteiger partial charge in [-0.2, -0.15) is 0 Å². The number of aryl methyl sites for hydroxylation is 1. The molecule has 3 aromatic carbocycles. The third kappa shape index (κ3) is 5.35. The summed E-state index contributed by atoms with van der Waals surface area (Å²) in [6, 6.07) is 12.8. The minimum absolute atomic E-state index is 0.0807. The van der Waals surface area contributed by atoms with Gasteiger partial charge in [0.25, 0.3) is 0 Å². The van der Waals surface area contributed by atoms with Crippen LogP contribution in [0.5, 0.6) is 0 Å². The third-order valence-corrected chi connectivity index (χ3v) is 6.79. The van der Waals surface area contributed by atoms with Crippen molar-refractivity contribution in [3.05, 3.63) is 95.6 Å². The molecule has 35 heavy (non-hydrogen) atoms. The minimum Gasteiger partial charge on any atom is -0.378 e. The molecule has 0 aromatic heterocycles. The fraction of sp³-hybridized carbons (Fsp3) is 0.333. The number of halogens is 4. The maximum atomic E-state index is 15.1. The normalized spacial score (nSPS) is 18.0. The predicted octanol–water partition coefficient (Wildman–Crippen LogP) is 8.76. The van der Waals surface area contributed by atoms with Gasteiger partial charge in [-0.25, -0.2) is 17.6 Å². The van der Waals surface area contributed by atoms with Crippen LogP contribution in [0.2, 0.25) is 0 Å².